The van der Waals surface area contributed by atoms with Gasteiger partial charge in [-0.1, -0.05) is 30.3 Å². The quantitative estimate of drug-likeness (QED) is 0.777. The molecule has 2 N–H and O–H groups in total. The third-order valence-electron chi connectivity index (χ3n) is 1.44. The largest absolute Gasteiger partial charge is 0.379 e. The van der Waals surface area contributed by atoms with Crippen LogP contribution in [0.4, 0.5) is 0 Å². The fourth-order valence-electron chi connectivity index (χ4n) is 0.861. The number of nitrogens with one attached hydrogen (secondary N) is 1. The summed E-state index contributed by atoms with van der Waals surface area (Å²) in [4.78, 5) is 0. The van der Waals surface area contributed by atoms with Crippen molar-refractivity contribution < 1.29 is 5.11 Å². The molecule has 0 fully saturated rings. The summed E-state index contributed by atoms with van der Waals surface area (Å²) < 4.78 is 0. The van der Waals surface area contributed by atoms with E-state index >= 15 is 0 Å². The van der Waals surface area contributed by atoms with Gasteiger partial charge in [0.05, 0.1) is 0 Å². The van der Waals surface area contributed by atoms with Gasteiger partial charge in [-0.2, -0.15) is 0 Å². The van der Waals surface area contributed by atoms with Gasteiger partial charge in [-0.05, 0) is 12.5 Å². The van der Waals surface area contributed by atoms with Crippen LogP contribution < -0.4 is 5.32 Å². The Bertz CT molecular complexity index is 201. The second kappa shape index (κ2) is 6.17. The van der Waals surface area contributed by atoms with Crippen LogP contribution in [-0.4, -0.2) is 11.3 Å². The molecular formula is C9H14BrNO. The van der Waals surface area contributed by atoms with E-state index in [9.17, 15) is 0 Å². The molecule has 1 rings (SSSR count). The van der Waals surface area contributed by atoms with Gasteiger partial charge in [-0.15, -0.1) is 17.0 Å². The van der Waals surface area contributed by atoms with E-state index in [0.29, 0.717) is 0 Å². The molecule has 0 aliphatic heterocycles. The molecule has 0 heterocycles. The number of aliphatic hydroxyl groups excluding tert-OH is 1. The lowest BCUT2D eigenvalue weighted by molar-refractivity contribution is 0.155. The first kappa shape index (κ1) is 11.6. The van der Waals surface area contributed by atoms with Crippen molar-refractivity contribution in [3.8, 4) is 0 Å². The summed E-state index contributed by atoms with van der Waals surface area (Å²) in [6, 6.07) is 9.99. The summed E-state index contributed by atoms with van der Waals surface area (Å²) in [6.07, 6.45) is -0.435. The molecule has 1 atom stereocenters. The van der Waals surface area contributed by atoms with Crippen LogP contribution in [0.2, 0.25) is 0 Å². The van der Waals surface area contributed by atoms with Crippen molar-refractivity contribution in [3.63, 3.8) is 0 Å². The predicted octanol–water partition coefficient (Wildman–Crippen LogP) is 1.69. The Hall–Kier alpha value is -0.380. The van der Waals surface area contributed by atoms with Gasteiger partial charge in [0.15, 0.2) is 0 Å². The zero-order valence-corrected chi connectivity index (χ0v) is 8.74. The van der Waals surface area contributed by atoms with Crippen molar-refractivity contribution >= 4 is 17.0 Å². The van der Waals surface area contributed by atoms with Crippen LogP contribution in [0, 0.1) is 0 Å². The maximum Gasteiger partial charge on any atom is 0.102 e. The van der Waals surface area contributed by atoms with E-state index < -0.39 is 6.23 Å². The van der Waals surface area contributed by atoms with Crippen molar-refractivity contribution in [2.75, 3.05) is 0 Å². The third kappa shape index (κ3) is 4.49. The molecule has 0 aliphatic rings. The Balaban J connectivity index is 0.00000121. The van der Waals surface area contributed by atoms with Gasteiger partial charge in [0.2, 0.25) is 0 Å². The molecule has 0 amide bonds. The standard InChI is InChI=1S/C9H13NO.BrH/c1-8(11)10-7-9-5-3-2-4-6-9;/h2-6,8,10-11H,7H2,1H3;1H. The molecule has 12 heavy (non-hydrogen) atoms. The van der Waals surface area contributed by atoms with E-state index in [1.54, 1.807) is 6.92 Å². The molecule has 68 valence electrons. The van der Waals surface area contributed by atoms with Gasteiger partial charge in [-0.25, -0.2) is 0 Å². The molecule has 0 spiro atoms. The maximum absolute atomic E-state index is 8.90. The Morgan fingerprint density at radius 2 is 1.92 bits per heavy atom. The van der Waals surface area contributed by atoms with E-state index in [-0.39, 0.29) is 17.0 Å². The monoisotopic (exact) mass is 231 g/mol. The Morgan fingerprint density at radius 1 is 1.33 bits per heavy atom. The third-order valence-corrected chi connectivity index (χ3v) is 1.44. The van der Waals surface area contributed by atoms with Gasteiger partial charge >= 0.3 is 0 Å². The molecule has 1 aromatic carbocycles. The van der Waals surface area contributed by atoms with Crippen LogP contribution in [0.1, 0.15) is 12.5 Å². The predicted molar refractivity (Wildman–Crippen MR) is 55.3 cm³/mol. The Kier molecular flexibility index (Phi) is 5.98. The normalized spacial score (nSPS) is 11.8. The molecule has 3 heteroatoms. The second-order valence-corrected chi connectivity index (χ2v) is 2.54. The zero-order chi connectivity index (χ0) is 8.10. The summed E-state index contributed by atoms with van der Waals surface area (Å²) in [5.74, 6) is 0. The molecule has 0 aliphatic carbocycles. The number of rotatable bonds is 3. The minimum Gasteiger partial charge on any atom is -0.379 e. The van der Waals surface area contributed by atoms with Gasteiger partial charge in [0.25, 0.3) is 0 Å². The topological polar surface area (TPSA) is 32.3 Å². The first-order chi connectivity index (χ1) is 5.29. The number of aliphatic hydroxyl groups is 1. The van der Waals surface area contributed by atoms with Gasteiger partial charge in [-0.3, -0.25) is 5.32 Å². The van der Waals surface area contributed by atoms with Crippen molar-refractivity contribution in [1.29, 1.82) is 0 Å². The van der Waals surface area contributed by atoms with Crippen molar-refractivity contribution in [1.82, 2.24) is 5.32 Å². The lowest BCUT2D eigenvalue weighted by Crippen LogP contribution is -2.24. The first-order valence-electron chi connectivity index (χ1n) is 3.74. The minimum absolute atomic E-state index is 0. The summed E-state index contributed by atoms with van der Waals surface area (Å²) in [5.41, 5.74) is 1.19. The van der Waals surface area contributed by atoms with Crippen molar-refractivity contribution in [2.24, 2.45) is 0 Å². The first-order valence-corrected chi connectivity index (χ1v) is 3.74. The molecule has 0 saturated carbocycles. The summed E-state index contributed by atoms with van der Waals surface area (Å²) in [7, 11) is 0. The van der Waals surface area contributed by atoms with E-state index in [4.69, 9.17) is 5.11 Å². The van der Waals surface area contributed by atoms with Crippen molar-refractivity contribution in [3.05, 3.63) is 35.9 Å². The Labute approximate surface area is 83.4 Å². The lowest BCUT2D eigenvalue weighted by Gasteiger charge is -2.06. The number of benzene rings is 1. The molecule has 1 aromatic rings. The van der Waals surface area contributed by atoms with Crippen LogP contribution in [0.15, 0.2) is 30.3 Å². The molecule has 2 nitrogen and oxygen atoms in total. The number of halogens is 1. The number of hydrogen-bond donors (Lipinski definition) is 2. The molecule has 1 unspecified atom stereocenters. The summed E-state index contributed by atoms with van der Waals surface area (Å²) >= 11 is 0. The highest BCUT2D eigenvalue weighted by Gasteiger charge is 1.93. The molecule has 0 saturated heterocycles. The highest BCUT2D eigenvalue weighted by Crippen LogP contribution is 1.96. The summed E-state index contributed by atoms with van der Waals surface area (Å²) in [5, 5.41) is 11.8. The lowest BCUT2D eigenvalue weighted by atomic mass is 10.2. The van der Waals surface area contributed by atoms with E-state index in [0.717, 1.165) is 6.54 Å². The smallest absolute Gasteiger partial charge is 0.102 e. The summed E-state index contributed by atoms with van der Waals surface area (Å²) in [6.45, 7) is 2.43. The molecule has 0 bridgehead atoms. The van der Waals surface area contributed by atoms with Gasteiger partial charge < -0.3 is 5.11 Å². The van der Waals surface area contributed by atoms with Crippen LogP contribution in [0.3, 0.4) is 0 Å². The molecular weight excluding hydrogens is 218 g/mol. The van der Waals surface area contributed by atoms with E-state index in [2.05, 4.69) is 5.32 Å². The fraction of sp³-hybridized carbons (Fsp3) is 0.333. The SMILES string of the molecule is Br.CC(O)NCc1ccccc1. The van der Waals surface area contributed by atoms with E-state index in [1.807, 2.05) is 30.3 Å². The maximum atomic E-state index is 8.90. The second-order valence-electron chi connectivity index (χ2n) is 2.54. The van der Waals surface area contributed by atoms with Crippen molar-refractivity contribution in [2.45, 2.75) is 19.7 Å². The highest BCUT2D eigenvalue weighted by atomic mass is 79.9. The van der Waals surface area contributed by atoms with Crippen LogP contribution >= 0.6 is 17.0 Å². The Morgan fingerprint density at radius 3 is 2.42 bits per heavy atom. The fourth-order valence-corrected chi connectivity index (χ4v) is 0.861. The van der Waals surface area contributed by atoms with Crippen LogP contribution in [0.25, 0.3) is 0 Å². The minimum atomic E-state index is -0.435. The molecule has 0 radical (unpaired) electrons. The number of hydrogen-bond acceptors (Lipinski definition) is 2. The average Bonchev–Trinajstić information content (AvgIpc) is 2.03. The highest BCUT2D eigenvalue weighted by molar-refractivity contribution is 8.93. The molecule has 0 aromatic heterocycles. The van der Waals surface area contributed by atoms with E-state index in [1.165, 1.54) is 5.56 Å². The van der Waals surface area contributed by atoms with Crippen LogP contribution in [-0.2, 0) is 6.54 Å². The zero-order valence-electron chi connectivity index (χ0n) is 7.03. The van der Waals surface area contributed by atoms with Crippen LogP contribution in [0.5, 0.6) is 0 Å². The van der Waals surface area contributed by atoms with Gasteiger partial charge in [0.1, 0.15) is 6.23 Å². The average molecular weight is 232 g/mol. The van der Waals surface area contributed by atoms with Gasteiger partial charge in [0, 0.05) is 6.54 Å².